The zero-order valence-electron chi connectivity index (χ0n) is 16.4. The van der Waals surface area contributed by atoms with E-state index in [1.165, 1.54) is 23.3 Å². The average Bonchev–Trinajstić information content (AvgIpc) is 3.28. The summed E-state index contributed by atoms with van der Waals surface area (Å²) in [5.41, 5.74) is 8.95. The standard InChI is InChI=1S/C23H28F2N2O2/c24-19-8-15(9-20(25)12-19)10-21(26)22(28)13-27-23(5-6-23)18-3-1-2-16(11-18)17-4-7-29-14-17/h1-3,8-9,11-12,17,21-22,27-28H,4-7,10,13-14,26H2. The summed E-state index contributed by atoms with van der Waals surface area (Å²) in [4.78, 5) is 0. The van der Waals surface area contributed by atoms with Crippen molar-refractivity contribution in [2.75, 3.05) is 19.8 Å². The number of benzene rings is 2. The topological polar surface area (TPSA) is 67.5 Å². The van der Waals surface area contributed by atoms with Crippen LogP contribution in [-0.2, 0) is 16.7 Å². The predicted octanol–water partition coefficient (Wildman–Crippen LogP) is 2.98. The third kappa shape index (κ3) is 4.83. The van der Waals surface area contributed by atoms with Crippen molar-refractivity contribution in [1.82, 2.24) is 5.32 Å². The molecule has 0 aromatic heterocycles. The van der Waals surface area contributed by atoms with Crippen molar-refractivity contribution in [3.63, 3.8) is 0 Å². The Labute approximate surface area is 170 Å². The van der Waals surface area contributed by atoms with Crippen molar-refractivity contribution in [1.29, 1.82) is 0 Å². The van der Waals surface area contributed by atoms with Gasteiger partial charge >= 0.3 is 0 Å². The van der Waals surface area contributed by atoms with Gasteiger partial charge in [0.15, 0.2) is 0 Å². The largest absolute Gasteiger partial charge is 0.390 e. The Balaban J connectivity index is 1.36. The maximum atomic E-state index is 13.4. The van der Waals surface area contributed by atoms with Gasteiger partial charge in [-0.15, -0.1) is 0 Å². The lowest BCUT2D eigenvalue weighted by Crippen LogP contribution is -2.45. The van der Waals surface area contributed by atoms with Crippen LogP contribution >= 0.6 is 0 Å². The highest BCUT2D eigenvalue weighted by Crippen LogP contribution is 2.46. The zero-order chi connectivity index (χ0) is 20.4. The molecule has 0 bridgehead atoms. The molecule has 1 saturated heterocycles. The highest BCUT2D eigenvalue weighted by Gasteiger charge is 2.44. The molecule has 1 heterocycles. The molecule has 0 radical (unpaired) electrons. The van der Waals surface area contributed by atoms with E-state index in [-0.39, 0.29) is 12.0 Å². The number of aliphatic hydroxyl groups excluding tert-OH is 1. The lowest BCUT2D eigenvalue weighted by atomic mass is 9.93. The van der Waals surface area contributed by atoms with E-state index in [9.17, 15) is 13.9 Å². The van der Waals surface area contributed by atoms with E-state index in [0.717, 1.165) is 38.5 Å². The Kier molecular flexibility index (Phi) is 5.97. The van der Waals surface area contributed by atoms with Crippen molar-refractivity contribution in [2.24, 2.45) is 5.73 Å². The Morgan fingerprint density at radius 2 is 1.93 bits per heavy atom. The van der Waals surface area contributed by atoms with Crippen LogP contribution in [0.1, 0.15) is 41.9 Å². The Morgan fingerprint density at radius 3 is 2.59 bits per heavy atom. The highest BCUT2D eigenvalue weighted by molar-refractivity contribution is 5.35. The zero-order valence-corrected chi connectivity index (χ0v) is 16.4. The molecule has 29 heavy (non-hydrogen) atoms. The number of rotatable bonds is 8. The molecule has 1 aliphatic heterocycles. The Morgan fingerprint density at radius 1 is 1.17 bits per heavy atom. The van der Waals surface area contributed by atoms with Gasteiger partial charge in [0.25, 0.3) is 0 Å². The lowest BCUT2D eigenvalue weighted by molar-refractivity contribution is 0.136. The van der Waals surface area contributed by atoms with Gasteiger partial charge in [-0.25, -0.2) is 8.78 Å². The van der Waals surface area contributed by atoms with Gasteiger partial charge in [-0.1, -0.05) is 24.3 Å². The summed E-state index contributed by atoms with van der Waals surface area (Å²) in [6, 6.07) is 11.3. The fourth-order valence-electron chi connectivity index (χ4n) is 4.17. The molecule has 4 N–H and O–H groups in total. The van der Waals surface area contributed by atoms with Crippen molar-refractivity contribution in [3.8, 4) is 0 Å². The van der Waals surface area contributed by atoms with Crippen LogP contribution in [0.2, 0.25) is 0 Å². The highest BCUT2D eigenvalue weighted by atomic mass is 19.1. The number of aliphatic hydroxyl groups is 1. The van der Waals surface area contributed by atoms with Crippen LogP contribution in [0, 0.1) is 11.6 Å². The monoisotopic (exact) mass is 402 g/mol. The number of nitrogens with one attached hydrogen (secondary N) is 1. The number of halogens is 2. The normalized spacial score (nSPS) is 22.4. The molecule has 2 aliphatic rings. The van der Waals surface area contributed by atoms with Gasteiger partial charge in [0.2, 0.25) is 0 Å². The molecule has 4 rings (SSSR count). The first-order valence-corrected chi connectivity index (χ1v) is 10.3. The molecule has 1 saturated carbocycles. The molecule has 2 aromatic rings. The minimum atomic E-state index is -0.815. The quantitative estimate of drug-likeness (QED) is 0.635. The predicted molar refractivity (Wildman–Crippen MR) is 108 cm³/mol. The van der Waals surface area contributed by atoms with Crippen molar-refractivity contribution in [3.05, 3.63) is 70.8 Å². The molecule has 4 nitrogen and oxygen atoms in total. The van der Waals surface area contributed by atoms with Crippen LogP contribution in [-0.4, -0.2) is 37.0 Å². The molecule has 156 valence electrons. The molecular formula is C23H28F2N2O2. The van der Waals surface area contributed by atoms with Crippen LogP contribution in [0.4, 0.5) is 8.78 Å². The van der Waals surface area contributed by atoms with E-state index >= 15 is 0 Å². The maximum absolute atomic E-state index is 13.4. The summed E-state index contributed by atoms with van der Waals surface area (Å²) in [6.45, 7) is 1.92. The minimum Gasteiger partial charge on any atom is -0.390 e. The van der Waals surface area contributed by atoms with E-state index in [2.05, 4.69) is 29.6 Å². The van der Waals surface area contributed by atoms with Crippen molar-refractivity contribution < 1.29 is 18.6 Å². The van der Waals surface area contributed by atoms with E-state index in [1.54, 1.807) is 0 Å². The SMILES string of the molecule is NC(Cc1cc(F)cc(F)c1)C(O)CNC1(c2cccc(C3CCOC3)c2)CC1. The number of ether oxygens (including phenoxy) is 1. The fraction of sp³-hybridized carbons (Fsp3) is 0.478. The van der Waals surface area contributed by atoms with Gasteiger partial charge in [-0.3, -0.25) is 0 Å². The molecule has 2 aromatic carbocycles. The van der Waals surface area contributed by atoms with Gasteiger partial charge in [-0.2, -0.15) is 0 Å². The molecule has 0 spiro atoms. The Bertz CT molecular complexity index is 830. The van der Waals surface area contributed by atoms with Crippen LogP contribution in [0.3, 0.4) is 0 Å². The van der Waals surface area contributed by atoms with Gasteiger partial charge < -0.3 is 20.9 Å². The second-order valence-corrected chi connectivity index (χ2v) is 8.36. The van der Waals surface area contributed by atoms with Gasteiger partial charge in [0, 0.05) is 36.7 Å². The second-order valence-electron chi connectivity index (χ2n) is 8.36. The Hall–Kier alpha value is -1.86. The van der Waals surface area contributed by atoms with E-state index in [1.807, 2.05) is 0 Å². The lowest BCUT2D eigenvalue weighted by Gasteiger charge is -2.24. The average molecular weight is 402 g/mol. The fourth-order valence-corrected chi connectivity index (χ4v) is 4.17. The van der Waals surface area contributed by atoms with Crippen molar-refractivity contribution in [2.45, 2.75) is 49.3 Å². The molecule has 3 unspecified atom stereocenters. The number of hydrogen-bond donors (Lipinski definition) is 3. The molecule has 2 fully saturated rings. The summed E-state index contributed by atoms with van der Waals surface area (Å²) in [7, 11) is 0. The maximum Gasteiger partial charge on any atom is 0.126 e. The van der Waals surface area contributed by atoms with Crippen LogP contribution < -0.4 is 11.1 Å². The third-order valence-corrected chi connectivity index (χ3v) is 6.13. The first kappa shape index (κ1) is 20.4. The third-order valence-electron chi connectivity index (χ3n) is 6.13. The summed E-state index contributed by atoms with van der Waals surface area (Å²) in [6.07, 6.45) is 2.47. The van der Waals surface area contributed by atoms with Crippen LogP contribution in [0.15, 0.2) is 42.5 Å². The van der Waals surface area contributed by atoms with Crippen molar-refractivity contribution >= 4 is 0 Å². The first-order valence-electron chi connectivity index (χ1n) is 10.3. The smallest absolute Gasteiger partial charge is 0.126 e. The molecule has 0 amide bonds. The van der Waals surface area contributed by atoms with Gasteiger partial charge in [0.1, 0.15) is 11.6 Å². The van der Waals surface area contributed by atoms with Crippen LogP contribution in [0.5, 0.6) is 0 Å². The second kappa shape index (κ2) is 8.48. The van der Waals surface area contributed by atoms with Gasteiger partial charge in [0.05, 0.1) is 12.7 Å². The van der Waals surface area contributed by atoms with Crippen LogP contribution in [0.25, 0.3) is 0 Å². The molecule has 1 aliphatic carbocycles. The number of hydrogen-bond acceptors (Lipinski definition) is 4. The van der Waals surface area contributed by atoms with E-state index in [4.69, 9.17) is 10.5 Å². The van der Waals surface area contributed by atoms with E-state index < -0.39 is 23.8 Å². The first-order chi connectivity index (χ1) is 13.9. The van der Waals surface area contributed by atoms with Gasteiger partial charge in [-0.05, 0) is 54.5 Å². The minimum absolute atomic E-state index is 0.124. The summed E-state index contributed by atoms with van der Waals surface area (Å²) in [5, 5.41) is 14.0. The summed E-state index contributed by atoms with van der Waals surface area (Å²) < 4.78 is 32.2. The molecule has 3 atom stereocenters. The summed E-state index contributed by atoms with van der Waals surface area (Å²) >= 11 is 0. The molecule has 6 heteroatoms. The van der Waals surface area contributed by atoms with E-state index in [0.29, 0.717) is 18.0 Å². The summed E-state index contributed by atoms with van der Waals surface area (Å²) in [5.74, 6) is -0.815. The number of nitrogens with two attached hydrogens (primary N) is 1. The molecular weight excluding hydrogens is 374 g/mol.